The van der Waals surface area contributed by atoms with Crippen LogP contribution >= 0.6 is 0 Å². The van der Waals surface area contributed by atoms with Gasteiger partial charge < -0.3 is 15.5 Å². The number of carbonyl (C=O) groups excluding carboxylic acids is 2. The van der Waals surface area contributed by atoms with Crippen LogP contribution in [0, 0.1) is 20.8 Å². The summed E-state index contributed by atoms with van der Waals surface area (Å²) in [7, 11) is 0. The van der Waals surface area contributed by atoms with Crippen molar-refractivity contribution in [2.45, 2.75) is 33.4 Å². The van der Waals surface area contributed by atoms with Crippen molar-refractivity contribution in [3.05, 3.63) is 52.7 Å². The van der Waals surface area contributed by atoms with E-state index in [0.29, 0.717) is 32.0 Å². The highest BCUT2D eigenvalue weighted by Crippen LogP contribution is 2.29. The average Bonchev–Trinajstić information content (AvgIpc) is 3.00. The van der Waals surface area contributed by atoms with E-state index in [2.05, 4.69) is 15.6 Å². The van der Waals surface area contributed by atoms with Crippen LogP contribution in [0.15, 0.2) is 30.5 Å². The third kappa shape index (κ3) is 6.93. The Morgan fingerprint density at radius 2 is 1.71 bits per heavy atom. The maximum Gasteiger partial charge on any atom is 0.417 e. The molecule has 1 saturated heterocycles. The molecule has 2 amide bonds. The smallest absolute Gasteiger partial charge is 0.355 e. The number of pyridine rings is 1. The van der Waals surface area contributed by atoms with E-state index < -0.39 is 11.7 Å². The molecule has 1 aromatic carbocycles. The summed E-state index contributed by atoms with van der Waals surface area (Å²) < 4.78 is 38.2. The molecule has 0 radical (unpaired) electrons. The minimum Gasteiger partial charge on any atom is -0.355 e. The van der Waals surface area contributed by atoms with Crippen LogP contribution in [-0.4, -0.2) is 61.0 Å². The average molecular weight is 478 g/mol. The van der Waals surface area contributed by atoms with Gasteiger partial charge in [0.05, 0.1) is 18.7 Å². The Bertz CT molecular complexity index is 1000. The van der Waals surface area contributed by atoms with Gasteiger partial charge in [-0.1, -0.05) is 17.7 Å². The number of hydrogen-bond acceptors (Lipinski definition) is 5. The van der Waals surface area contributed by atoms with Crippen LogP contribution < -0.4 is 15.5 Å². The van der Waals surface area contributed by atoms with Crippen LogP contribution in [0.4, 0.5) is 24.7 Å². The SMILES string of the molecule is Cc1cc(C)c(NC(=O)CNC(=O)CN2CCCN(c3ccc(C(F)(F)F)cn3)CC2)c(C)c1. The van der Waals surface area contributed by atoms with Gasteiger partial charge in [0, 0.05) is 38.1 Å². The Morgan fingerprint density at radius 3 is 2.32 bits per heavy atom. The fourth-order valence-corrected chi connectivity index (χ4v) is 4.10. The zero-order chi connectivity index (χ0) is 24.9. The van der Waals surface area contributed by atoms with Gasteiger partial charge in [-0.25, -0.2) is 4.98 Å². The Balaban J connectivity index is 1.45. The third-order valence-corrected chi connectivity index (χ3v) is 5.74. The number of anilines is 2. The summed E-state index contributed by atoms with van der Waals surface area (Å²) in [5, 5.41) is 5.52. The summed E-state index contributed by atoms with van der Waals surface area (Å²) in [5.41, 5.74) is 3.03. The number of nitrogens with zero attached hydrogens (tertiary/aromatic N) is 3. The lowest BCUT2D eigenvalue weighted by Gasteiger charge is -2.22. The maximum absolute atomic E-state index is 12.7. The van der Waals surface area contributed by atoms with Crippen molar-refractivity contribution < 1.29 is 22.8 Å². The quantitative estimate of drug-likeness (QED) is 0.668. The monoisotopic (exact) mass is 477 g/mol. The summed E-state index contributed by atoms with van der Waals surface area (Å²) in [6.45, 7) is 8.27. The van der Waals surface area contributed by atoms with Crippen molar-refractivity contribution in [1.82, 2.24) is 15.2 Å². The molecule has 10 heteroatoms. The highest BCUT2D eigenvalue weighted by molar-refractivity contribution is 5.96. The molecule has 2 aromatic rings. The minimum atomic E-state index is -4.41. The number of aryl methyl sites for hydroxylation is 3. The molecule has 1 fully saturated rings. The van der Waals surface area contributed by atoms with Gasteiger partial charge in [-0.2, -0.15) is 13.2 Å². The van der Waals surface area contributed by atoms with Crippen LogP contribution in [0.3, 0.4) is 0 Å². The van der Waals surface area contributed by atoms with Gasteiger partial charge in [0.2, 0.25) is 11.8 Å². The first-order valence-electron chi connectivity index (χ1n) is 11.2. The van der Waals surface area contributed by atoms with Crippen LogP contribution in [0.25, 0.3) is 0 Å². The van der Waals surface area contributed by atoms with Gasteiger partial charge in [0.25, 0.3) is 0 Å². The number of amides is 2. The standard InChI is InChI=1S/C24H30F3N5O2/c1-16-11-17(2)23(18(3)12-16)30-21(33)14-29-22(34)15-31-7-4-8-32(10-9-31)20-6-5-19(13-28-20)24(25,26)27/h5-6,11-13H,4,7-10,14-15H2,1-3H3,(H,29,34)(H,30,33). The number of nitrogens with one attached hydrogen (secondary N) is 2. The summed E-state index contributed by atoms with van der Waals surface area (Å²) in [4.78, 5) is 32.5. The second-order valence-electron chi connectivity index (χ2n) is 8.62. The number of rotatable bonds is 6. The number of carbonyl (C=O) groups is 2. The van der Waals surface area contributed by atoms with Crippen LogP contribution in [-0.2, 0) is 15.8 Å². The van der Waals surface area contributed by atoms with Crippen LogP contribution in [0.1, 0.15) is 28.7 Å². The lowest BCUT2D eigenvalue weighted by molar-refractivity contribution is -0.137. The number of benzene rings is 1. The van der Waals surface area contributed by atoms with E-state index in [1.165, 1.54) is 6.07 Å². The molecule has 0 aliphatic carbocycles. The number of aromatic nitrogens is 1. The van der Waals surface area contributed by atoms with E-state index in [1.807, 2.05) is 42.7 Å². The molecule has 2 N–H and O–H groups in total. The first kappa shape index (κ1) is 25.5. The zero-order valence-electron chi connectivity index (χ0n) is 19.6. The van der Waals surface area contributed by atoms with Gasteiger partial charge in [-0.3, -0.25) is 14.5 Å². The molecule has 7 nitrogen and oxygen atoms in total. The molecule has 0 spiro atoms. The lowest BCUT2D eigenvalue weighted by atomic mass is 10.1. The van der Waals surface area contributed by atoms with E-state index in [0.717, 1.165) is 41.1 Å². The summed E-state index contributed by atoms with van der Waals surface area (Å²) >= 11 is 0. The number of alkyl halides is 3. The van der Waals surface area contributed by atoms with Crippen molar-refractivity contribution in [1.29, 1.82) is 0 Å². The molecule has 34 heavy (non-hydrogen) atoms. The Hall–Kier alpha value is -3.14. The highest BCUT2D eigenvalue weighted by Gasteiger charge is 2.31. The highest BCUT2D eigenvalue weighted by atomic mass is 19.4. The molecule has 1 aromatic heterocycles. The first-order valence-corrected chi connectivity index (χ1v) is 11.2. The zero-order valence-corrected chi connectivity index (χ0v) is 19.6. The molecule has 3 rings (SSSR count). The van der Waals surface area contributed by atoms with Crippen LogP contribution in [0.5, 0.6) is 0 Å². The van der Waals surface area contributed by atoms with E-state index in [9.17, 15) is 22.8 Å². The molecule has 2 heterocycles. The predicted molar refractivity (Wildman–Crippen MR) is 125 cm³/mol. The normalized spacial score (nSPS) is 15.1. The first-order chi connectivity index (χ1) is 16.0. The van der Waals surface area contributed by atoms with Gasteiger partial charge in [0.15, 0.2) is 0 Å². The molecule has 1 aliphatic rings. The van der Waals surface area contributed by atoms with Gasteiger partial charge >= 0.3 is 6.18 Å². The third-order valence-electron chi connectivity index (χ3n) is 5.74. The van der Waals surface area contributed by atoms with E-state index in [1.54, 1.807) is 0 Å². The molecule has 0 unspecified atom stereocenters. The fraction of sp³-hybridized carbons (Fsp3) is 0.458. The van der Waals surface area contributed by atoms with Gasteiger partial charge in [0.1, 0.15) is 5.82 Å². The molecule has 0 bridgehead atoms. The molecule has 1 aliphatic heterocycles. The number of halogens is 3. The topological polar surface area (TPSA) is 77.6 Å². The van der Waals surface area contributed by atoms with Gasteiger partial charge in [-0.15, -0.1) is 0 Å². The summed E-state index contributed by atoms with van der Waals surface area (Å²) in [6.07, 6.45) is -2.83. The van der Waals surface area contributed by atoms with E-state index in [-0.39, 0.29) is 24.9 Å². The van der Waals surface area contributed by atoms with Crippen molar-refractivity contribution in [2.24, 2.45) is 0 Å². The van der Waals surface area contributed by atoms with Crippen molar-refractivity contribution in [3.63, 3.8) is 0 Å². The molecule has 184 valence electrons. The summed E-state index contributed by atoms with van der Waals surface area (Å²) in [6, 6.07) is 6.39. The van der Waals surface area contributed by atoms with E-state index in [4.69, 9.17) is 0 Å². The van der Waals surface area contributed by atoms with Crippen molar-refractivity contribution >= 4 is 23.3 Å². The Morgan fingerprint density at radius 1 is 1.00 bits per heavy atom. The van der Waals surface area contributed by atoms with E-state index >= 15 is 0 Å². The Kier molecular flexibility index (Phi) is 8.14. The predicted octanol–water partition coefficient (Wildman–Crippen LogP) is 3.29. The fourth-order valence-electron chi connectivity index (χ4n) is 4.10. The number of hydrogen-bond donors (Lipinski definition) is 2. The summed E-state index contributed by atoms with van der Waals surface area (Å²) in [5.74, 6) is -0.0647. The van der Waals surface area contributed by atoms with Crippen molar-refractivity contribution in [3.8, 4) is 0 Å². The lowest BCUT2D eigenvalue weighted by Crippen LogP contribution is -2.41. The molecule has 0 atom stereocenters. The molecular weight excluding hydrogens is 447 g/mol. The minimum absolute atomic E-state index is 0.124. The van der Waals surface area contributed by atoms with Crippen LogP contribution in [0.2, 0.25) is 0 Å². The molecular formula is C24H30F3N5O2. The second-order valence-corrected chi connectivity index (χ2v) is 8.62. The van der Waals surface area contributed by atoms with Crippen molar-refractivity contribution in [2.75, 3.05) is 49.5 Å². The van der Waals surface area contributed by atoms with Gasteiger partial charge in [-0.05, 0) is 50.5 Å². The Labute approximate surface area is 197 Å². The second kappa shape index (κ2) is 10.9. The largest absolute Gasteiger partial charge is 0.417 e. The maximum atomic E-state index is 12.7. The molecule has 0 saturated carbocycles.